The summed E-state index contributed by atoms with van der Waals surface area (Å²) in [7, 11) is 0. The lowest BCUT2D eigenvalue weighted by atomic mass is 9.87. The summed E-state index contributed by atoms with van der Waals surface area (Å²) in [5.41, 5.74) is 0.137. The fourth-order valence-corrected chi connectivity index (χ4v) is 1.98. The van der Waals surface area contributed by atoms with Crippen LogP contribution < -0.4 is 0 Å². The summed E-state index contributed by atoms with van der Waals surface area (Å²) in [6.07, 6.45) is 0. The maximum absolute atomic E-state index is 12.0. The maximum Gasteiger partial charge on any atom is 0.322 e. The van der Waals surface area contributed by atoms with Gasteiger partial charge in [-0.25, -0.2) is 0 Å². The number of rotatable bonds is 7. The van der Waals surface area contributed by atoms with Crippen LogP contribution in [0.5, 0.6) is 0 Å². The third-order valence-electron chi connectivity index (χ3n) is 3.02. The highest BCUT2D eigenvalue weighted by Crippen LogP contribution is 2.28. The molecule has 0 saturated heterocycles. The minimum Gasteiger partial charge on any atom is -0.465 e. The normalized spacial score (nSPS) is 11.4. The standard InChI is InChI=1S/C15H16N2O6/c1-3-22-14(18)13(15(19)23-4-2)12(9-16)10-5-7-11(8-6-10)17(20)21/h5-8,12-13H,3-4H2,1-2H3. The summed E-state index contributed by atoms with van der Waals surface area (Å²) < 4.78 is 9.68. The number of ether oxygens (including phenoxy) is 2. The topological polar surface area (TPSA) is 120 Å². The number of hydrogen-bond donors (Lipinski definition) is 0. The van der Waals surface area contributed by atoms with Crippen LogP contribution in [0.1, 0.15) is 25.3 Å². The molecule has 0 N–H and O–H groups in total. The molecule has 122 valence electrons. The molecule has 0 spiro atoms. The fourth-order valence-electron chi connectivity index (χ4n) is 1.98. The van der Waals surface area contributed by atoms with Gasteiger partial charge < -0.3 is 9.47 Å². The van der Waals surface area contributed by atoms with Crippen molar-refractivity contribution in [3.63, 3.8) is 0 Å². The molecule has 0 fully saturated rings. The highest BCUT2D eigenvalue weighted by Gasteiger charge is 2.38. The van der Waals surface area contributed by atoms with Crippen LogP contribution in [0.2, 0.25) is 0 Å². The average Bonchev–Trinajstić information content (AvgIpc) is 2.52. The lowest BCUT2D eigenvalue weighted by Gasteiger charge is -2.19. The third kappa shape index (κ3) is 4.51. The van der Waals surface area contributed by atoms with E-state index in [4.69, 9.17) is 9.47 Å². The molecule has 0 aliphatic heterocycles. The Bertz CT molecular complexity index is 602. The molecule has 0 bridgehead atoms. The molecule has 0 amide bonds. The van der Waals surface area contributed by atoms with Gasteiger partial charge in [0.2, 0.25) is 0 Å². The number of nitro groups is 1. The molecule has 1 unspecified atom stereocenters. The Labute approximate surface area is 132 Å². The van der Waals surface area contributed by atoms with Crippen molar-refractivity contribution in [2.45, 2.75) is 19.8 Å². The van der Waals surface area contributed by atoms with Gasteiger partial charge in [-0.15, -0.1) is 0 Å². The molecule has 1 aromatic rings. The van der Waals surface area contributed by atoms with E-state index in [1.54, 1.807) is 13.8 Å². The van der Waals surface area contributed by atoms with Gasteiger partial charge in [0.25, 0.3) is 5.69 Å². The number of nitro benzene ring substituents is 1. The number of esters is 2. The van der Waals surface area contributed by atoms with E-state index in [0.717, 1.165) is 0 Å². The number of nitriles is 1. The zero-order valence-corrected chi connectivity index (χ0v) is 12.7. The second-order valence-corrected chi connectivity index (χ2v) is 4.44. The summed E-state index contributed by atoms with van der Waals surface area (Å²) in [6.45, 7) is 3.25. The van der Waals surface area contributed by atoms with Crippen LogP contribution in [-0.4, -0.2) is 30.1 Å². The van der Waals surface area contributed by atoms with Gasteiger partial charge in [0.05, 0.1) is 30.1 Å². The van der Waals surface area contributed by atoms with Crippen molar-refractivity contribution in [2.75, 3.05) is 13.2 Å². The second kappa shape index (κ2) is 8.48. The molecule has 1 aromatic carbocycles. The number of carbonyl (C=O) groups excluding carboxylic acids is 2. The Balaban J connectivity index is 3.18. The fraction of sp³-hybridized carbons (Fsp3) is 0.400. The zero-order chi connectivity index (χ0) is 17.4. The van der Waals surface area contributed by atoms with E-state index >= 15 is 0 Å². The third-order valence-corrected chi connectivity index (χ3v) is 3.02. The maximum atomic E-state index is 12.0. The Morgan fingerprint density at radius 1 is 1.17 bits per heavy atom. The molecule has 0 heterocycles. The lowest BCUT2D eigenvalue weighted by molar-refractivity contribution is -0.384. The van der Waals surface area contributed by atoms with Crippen LogP contribution >= 0.6 is 0 Å². The molecule has 0 aliphatic rings. The van der Waals surface area contributed by atoms with Gasteiger partial charge in [-0.2, -0.15) is 5.26 Å². The first-order valence-corrected chi connectivity index (χ1v) is 6.93. The first-order chi connectivity index (χ1) is 11.0. The first kappa shape index (κ1) is 18.1. The summed E-state index contributed by atoms with van der Waals surface area (Å²) in [4.78, 5) is 34.1. The number of hydrogen-bond acceptors (Lipinski definition) is 7. The number of non-ortho nitro benzene ring substituents is 1. The summed E-state index contributed by atoms with van der Waals surface area (Å²) in [5, 5.41) is 20.0. The van der Waals surface area contributed by atoms with Crippen molar-refractivity contribution >= 4 is 17.6 Å². The van der Waals surface area contributed by atoms with Gasteiger partial charge >= 0.3 is 11.9 Å². The molecule has 8 heteroatoms. The predicted octanol–water partition coefficient (Wildman–Crippen LogP) is 1.94. The van der Waals surface area contributed by atoms with Crippen LogP contribution in [0.25, 0.3) is 0 Å². The smallest absolute Gasteiger partial charge is 0.322 e. The quantitative estimate of drug-likeness (QED) is 0.326. The molecule has 0 saturated carbocycles. The molecule has 0 aliphatic carbocycles. The highest BCUT2D eigenvalue weighted by atomic mass is 16.6. The van der Waals surface area contributed by atoms with Crippen molar-refractivity contribution in [3.05, 3.63) is 39.9 Å². The van der Waals surface area contributed by atoms with Crippen molar-refractivity contribution in [1.29, 1.82) is 5.26 Å². The van der Waals surface area contributed by atoms with E-state index < -0.39 is 28.7 Å². The van der Waals surface area contributed by atoms with E-state index in [1.165, 1.54) is 24.3 Å². The summed E-state index contributed by atoms with van der Waals surface area (Å²) in [5.74, 6) is -4.33. The predicted molar refractivity (Wildman–Crippen MR) is 78.2 cm³/mol. The van der Waals surface area contributed by atoms with Gasteiger partial charge in [-0.3, -0.25) is 19.7 Å². The molecular formula is C15H16N2O6. The van der Waals surface area contributed by atoms with Crippen LogP contribution in [0, 0.1) is 27.4 Å². The van der Waals surface area contributed by atoms with E-state index in [0.29, 0.717) is 5.56 Å². The SMILES string of the molecule is CCOC(=O)C(C(=O)OCC)C(C#N)c1ccc([N+](=O)[O-])cc1. The number of carbonyl (C=O) groups is 2. The van der Waals surface area contributed by atoms with E-state index in [-0.39, 0.29) is 18.9 Å². The molecule has 1 atom stereocenters. The van der Waals surface area contributed by atoms with Gasteiger partial charge in [-0.05, 0) is 19.4 Å². The number of nitrogens with zero attached hydrogens (tertiary/aromatic N) is 2. The van der Waals surface area contributed by atoms with Gasteiger partial charge in [0.15, 0.2) is 5.92 Å². The van der Waals surface area contributed by atoms with Crippen molar-refractivity contribution in [1.82, 2.24) is 0 Å². The molecule has 0 aromatic heterocycles. The Morgan fingerprint density at radius 2 is 1.65 bits per heavy atom. The number of benzene rings is 1. The Kier molecular flexibility index (Phi) is 6.68. The van der Waals surface area contributed by atoms with E-state index in [1.807, 2.05) is 6.07 Å². The Morgan fingerprint density at radius 3 is 2.00 bits per heavy atom. The van der Waals surface area contributed by atoms with Crippen LogP contribution in [0.15, 0.2) is 24.3 Å². The van der Waals surface area contributed by atoms with Gasteiger partial charge in [-0.1, -0.05) is 12.1 Å². The van der Waals surface area contributed by atoms with Crippen LogP contribution in [0.4, 0.5) is 5.69 Å². The minimum absolute atomic E-state index is 0.0488. The van der Waals surface area contributed by atoms with Crippen molar-refractivity contribution < 1.29 is 24.0 Å². The Hall–Kier alpha value is -2.95. The van der Waals surface area contributed by atoms with Crippen LogP contribution in [-0.2, 0) is 19.1 Å². The zero-order valence-electron chi connectivity index (χ0n) is 12.7. The molecule has 8 nitrogen and oxygen atoms in total. The summed E-state index contributed by atoms with van der Waals surface area (Å²) >= 11 is 0. The lowest BCUT2D eigenvalue weighted by Crippen LogP contribution is -2.33. The molecular weight excluding hydrogens is 304 g/mol. The second-order valence-electron chi connectivity index (χ2n) is 4.44. The van der Waals surface area contributed by atoms with Gasteiger partial charge in [0, 0.05) is 12.1 Å². The molecule has 0 radical (unpaired) electrons. The van der Waals surface area contributed by atoms with E-state index in [9.17, 15) is 25.0 Å². The average molecular weight is 320 g/mol. The first-order valence-electron chi connectivity index (χ1n) is 6.93. The largest absolute Gasteiger partial charge is 0.465 e. The molecule has 1 rings (SSSR count). The summed E-state index contributed by atoms with van der Waals surface area (Å²) in [6, 6.07) is 6.94. The molecule has 23 heavy (non-hydrogen) atoms. The van der Waals surface area contributed by atoms with Crippen molar-refractivity contribution in [2.24, 2.45) is 5.92 Å². The van der Waals surface area contributed by atoms with E-state index in [2.05, 4.69) is 0 Å². The van der Waals surface area contributed by atoms with Crippen molar-refractivity contribution in [3.8, 4) is 6.07 Å². The van der Waals surface area contributed by atoms with Gasteiger partial charge in [0.1, 0.15) is 0 Å². The highest BCUT2D eigenvalue weighted by molar-refractivity contribution is 5.96. The minimum atomic E-state index is -1.44. The van der Waals surface area contributed by atoms with Crippen LogP contribution in [0.3, 0.4) is 0 Å². The monoisotopic (exact) mass is 320 g/mol.